The normalized spacial score (nSPS) is 10.8. The fraction of sp³-hybridized carbons (Fsp3) is 0.571. The molecule has 76 valence electrons. The average Bonchev–Trinajstić information content (AvgIpc) is 1.97. The number of nitrogens with one attached hydrogen (secondary N) is 1. The first-order valence-corrected chi connectivity index (χ1v) is 5.55. The standard InChI is InChI=1S/C7H14N2O3S/c1-2-4-7(10)9-5-3-6-13(8,11)12/h2H,1,3-6H2,(H,9,10)(H2,8,11,12). The number of hydrogen-bond acceptors (Lipinski definition) is 3. The third kappa shape index (κ3) is 9.03. The Morgan fingerprint density at radius 2 is 2.15 bits per heavy atom. The summed E-state index contributed by atoms with van der Waals surface area (Å²) in [6.07, 6.45) is 2.06. The molecule has 5 nitrogen and oxygen atoms in total. The summed E-state index contributed by atoms with van der Waals surface area (Å²) < 4.78 is 20.9. The maximum atomic E-state index is 10.8. The van der Waals surface area contributed by atoms with Crippen LogP contribution in [0, 0.1) is 0 Å². The minimum Gasteiger partial charge on any atom is -0.356 e. The zero-order valence-corrected chi connectivity index (χ0v) is 8.14. The van der Waals surface area contributed by atoms with Crippen molar-refractivity contribution in [3.63, 3.8) is 0 Å². The lowest BCUT2D eigenvalue weighted by molar-refractivity contribution is -0.120. The van der Waals surface area contributed by atoms with Crippen LogP contribution in [0.4, 0.5) is 0 Å². The van der Waals surface area contributed by atoms with Crippen molar-refractivity contribution in [2.75, 3.05) is 12.3 Å². The van der Waals surface area contributed by atoms with Crippen molar-refractivity contribution in [1.29, 1.82) is 0 Å². The number of carbonyl (C=O) groups is 1. The van der Waals surface area contributed by atoms with Crippen LogP contribution < -0.4 is 10.5 Å². The Morgan fingerprint density at radius 1 is 1.54 bits per heavy atom. The van der Waals surface area contributed by atoms with Gasteiger partial charge in [-0.15, -0.1) is 6.58 Å². The van der Waals surface area contributed by atoms with Crippen LogP contribution in [0.5, 0.6) is 0 Å². The van der Waals surface area contributed by atoms with Gasteiger partial charge in [0, 0.05) is 13.0 Å². The molecule has 0 aromatic carbocycles. The van der Waals surface area contributed by atoms with Crippen molar-refractivity contribution >= 4 is 15.9 Å². The van der Waals surface area contributed by atoms with Gasteiger partial charge >= 0.3 is 0 Å². The van der Waals surface area contributed by atoms with E-state index in [1.807, 2.05) is 0 Å². The maximum absolute atomic E-state index is 10.8. The quantitative estimate of drug-likeness (QED) is 0.447. The molecule has 6 heteroatoms. The summed E-state index contributed by atoms with van der Waals surface area (Å²) in [5, 5.41) is 7.28. The van der Waals surface area contributed by atoms with Gasteiger partial charge in [0.05, 0.1) is 5.75 Å². The van der Waals surface area contributed by atoms with E-state index in [-0.39, 0.29) is 18.1 Å². The van der Waals surface area contributed by atoms with Crippen molar-refractivity contribution in [1.82, 2.24) is 5.32 Å². The van der Waals surface area contributed by atoms with E-state index >= 15 is 0 Å². The van der Waals surface area contributed by atoms with Gasteiger partial charge in [-0.1, -0.05) is 6.08 Å². The Labute approximate surface area is 78.1 Å². The van der Waals surface area contributed by atoms with Crippen LogP contribution in [0.2, 0.25) is 0 Å². The molecule has 1 amide bonds. The van der Waals surface area contributed by atoms with Crippen molar-refractivity contribution in [3.8, 4) is 0 Å². The van der Waals surface area contributed by atoms with Crippen LogP contribution in [0.25, 0.3) is 0 Å². The minimum absolute atomic E-state index is 0.110. The lowest BCUT2D eigenvalue weighted by Crippen LogP contribution is -2.26. The highest BCUT2D eigenvalue weighted by Gasteiger charge is 2.02. The summed E-state index contributed by atoms with van der Waals surface area (Å²) in [6, 6.07) is 0. The van der Waals surface area contributed by atoms with Crippen LogP contribution in [-0.2, 0) is 14.8 Å². The van der Waals surface area contributed by atoms with E-state index in [1.54, 1.807) is 0 Å². The fourth-order valence-electron chi connectivity index (χ4n) is 0.704. The minimum atomic E-state index is -3.41. The summed E-state index contributed by atoms with van der Waals surface area (Å²) in [4.78, 5) is 10.8. The Hall–Kier alpha value is -0.880. The Kier molecular flexibility index (Phi) is 5.33. The molecule has 0 rings (SSSR count). The Bertz CT molecular complexity index is 271. The SMILES string of the molecule is C=CCC(=O)NCCCS(N)(=O)=O. The predicted molar refractivity (Wildman–Crippen MR) is 50.4 cm³/mol. The van der Waals surface area contributed by atoms with Crippen LogP contribution in [-0.4, -0.2) is 26.6 Å². The average molecular weight is 206 g/mol. The zero-order valence-electron chi connectivity index (χ0n) is 7.32. The zero-order chi connectivity index (χ0) is 10.3. The molecule has 0 radical (unpaired) electrons. The number of rotatable bonds is 6. The van der Waals surface area contributed by atoms with Crippen molar-refractivity contribution in [2.45, 2.75) is 12.8 Å². The third-order valence-electron chi connectivity index (χ3n) is 1.26. The highest BCUT2D eigenvalue weighted by Crippen LogP contribution is 1.85. The Balaban J connectivity index is 3.47. The van der Waals surface area contributed by atoms with E-state index in [2.05, 4.69) is 11.9 Å². The number of sulfonamides is 1. The molecule has 0 saturated heterocycles. The van der Waals surface area contributed by atoms with Gasteiger partial charge in [-0.3, -0.25) is 4.79 Å². The summed E-state index contributed by atoms with van der Waals surface area (Å²) in [7, 11) is -3.41. The van der Waals surface area contributed by atoms with E-state index < -0.39 is 10.0 Å². The van der Waals surface area contributed by atoms with E-state index in [1.165, 1.54) is 6.08 Å². The fourth-order valence-corrected chi connectivity index (χ4v) is 1.25. The number of primary sulfonamides is 1. The topological polar surface area (TPSA) is 89.3 Å². The second-order valence-electron chi connectivity index (χ2n) is 2.56. The smallest absolute Gasteiger partial charge is 0.223 e. The predicted octanol–water partition coefficient (Wildman–Crippen LogP) is -0.643. The van der Waals surface area contributed by atoms with Gasteiger partial charge in [0.1, 0.15) is 0 Å². The molecule has 0 unspecified atom stereocenters. The summed E-state index contributed by atoms with van der Waals surface area (Å²) in [6.45, 7) is 3.71. The van der Waals surface area contributed by atoms with E-state index in [4.69, 9.17) is 5.14 Å². The largest absolute Gasteiger partial charge is 0.356 e. The summed E-state index contributed by atoms with van der Waals surface area (Å²) in [5.74, 6) is -0.272. The molecule has 0 aromatic heterocycles. The molecule has 0 aliphatic heterocycles. The third-order valence-corrected chi connectivity index (χ3v) is 2.12. The molecule has 0 bridgehead atoms. The molecule has 0 fully saturated rings. The van der Waals surface area contributed by atoms with Gasteiger partial charge in [0.15, 0.2) is 0 Å². The van der Waals surface area contributed by atoms with E-state index in [9.17, 15) is 13.2 Å². The first-order chi connectivity index (χ1) is 5.95. The van der Waals surface area contributed by atoms with Crippen molar-refractivity contribution < 1.29 is 13.2 Å². The number of amides is 1. The second kappa shape index (κ2) is 5.71. The first kappa shape index (κ1) is 12.1. The molecule has 0 heterocycles. The monoisotopic (exact) mass is 206 g/mol. The van der Waals surface area contributed by atoms with Crippen LogP contribution in [0.15, 0.2) is 12.7 Å². The second-order valence-corrected chi connectivity index (χ2v) is 4.30. The maximum Gasteiger partial charge on any atom is 0.223 e. The molecule has 0 aliphatic carbocycles. The molecule has 0 atom stereocenters. The molecule has 3 N–H and O–H groups in total. The lowest BCUT2D eigenvalue weighted by Gasteiger charge is -2.01. The molecule has 0 spiro atoms. The molecule has 0 saturated carbocycles. The van der Waals surface area contributed by atoms with Crippen molar-refractivity contribution in [3.05, 3.63) is 12.7 Å². The van der Waals surface area contributed by atoms with Crippen LogP contribution in [0.1, 0.15) is 12.8 Å². The Morgan fingerprint density at radius 3 is 2.62 bits per heavy atom. The highest BCUT2D eigenvalue weighted by molar-refractivity contribution is 7.89. The van der Waals surface area contributed by atoms with Gasteiger partial charge < -0.3 is 5.32 Å². The molecule has 0 aromatic rings. The first-order valence-electron chi connectivity index (χ1n) is 3.84. The number of hydrogen-bond donors (Lipinski definition) is 2. The highest BCUT2D eigenvalue weighted by atomic mass is 32.2. The van der Waals surface area contributed by atoms with Gasteiger partial charge in [-0.25, -0.2) is 13.6 Å². The van der Waals surface area contributed by atoms with Gasteiger partial charge in [-0.05, 0) is 6.42 Å². The summed E-state index contributed by atoms with van der Waals surface area (Å²) >= 11 is 0. The van der Waals surface area contributed by atoms with Gasteiger partial charge in [0.2, 0.25) is 15.9 Å². The van der Waals surface area contributed by atoms with E-state index in [0.717, 1.165) is 0 Å². The molecular weight excluding hydrogens is 192 g/mol. The lowest BCUT2D eigenvalue weighted by atomic mass is 10.4. The van der Waals surface area contributed by atoms with E-state index in [0.29, 0.717) is 13.0 Å². The molecular formula is C7H14N2O3S. The molecule has 0 aliphatic rings. The van der Waals surface area contributed by atoms with Gasteiger partial charge in [0.25, 0.3) is 0 Å². The summed E-state index contributed by atoms with van der Waals surface area (Å²) in [5.41, 5.74) is 0. The van der Waals surface area contributed by atoms with Crippen LogP contribution >= 0.6 is 0 Å². The molecule has 13 heavy (non-hydrogen) atoms. The van der Waals surface area contributed by atoms with Gasteiger partial charge in [-0.2, -0.15) is 0 Å². The van der Waals surface area contributed by atoms with Crippen LogP contribution in [0.3, 0.4) is 0 Å². The number of nitrogens with two attached hydrogens (primary N) is 1. The number of carbonyl (C=O) groups excluding carboxylic acids is 1. The van der Waals surface area contributed by atoms with Crippen molar-refractivity contribution in [2.24, 2.45) is 5.14 Å².